The maximum absolute atomic E-state index is 4.65. The third kappa shape index (κ3) is 3.51. The minimum atomic E-state index is 0.448. The van der Waals surface area contributed by atoms with E-state index in [0.717, 1.165) is 24.0 Å². The Morgan fingerprint density at radius 1 is 1.14 bits per heavy atom. The molecule has 0 bridgehead atoms. The first-order valence-corrected chi connectivity index (χ1v) is 7.62. The molecule has 1 aromatic heterocycles. The number of aromatic nitrogens is 2. The molecule has 0 spiro atoms. The van der Waals surface area contributed by atoms with Gasteiger partial charge in [0.2, 0.25) is 0 Å². The zero-order chi connectivity index (χ0) is 14.7. The van der Waals surface area contributed by atoms with Crippen LogP contribution in [0.25, 0.3) is 0 Å². The summed E-state index contributed by atoms with van der Waals surface area (Å²) in [5.74, 6) is 3.78. The van der Waals surface area contributed by atoms with Crippen LogP contribution in [-0.4, -0.2) is 23.6 Å². The van der Waals surface area contributed by atoms with Crippen LogP contribution in [0.15, 0.2) is 36.4 Å². The van der Waals surface area contributed by atoms with Crippen LogP contribution in [0.5, 0.6) is 0 Å². The summed E-state index contributed by atoms with van der Waals surface area (Å²) in [5.41, 5.74) is 1.34. The van der Waals surface area contributed by atoms with Gasteiger partial charge in [0.15, 0.2) is 0 Å². The van der Waals surface area contributed by atoms with Gasteiger partial charge in [-0.05, 0) is 24.3 Å². The molecule has 21 heavy (non-hydrogen) atoms. The molecule has 1 unspecified atom stereocenters. The molecule has 0 saturated heterocycles. The van der Waals surface area contributed by atoms with E-state index >= 15 is 0 Å². The van der Waals surface area contributed by atoms with E-state index in [4.69, 9.17) is 0 Å². The first-order valence-electron chi connectivity index (χ1n) is 7.62. The lowest BCUT2D eigenvalue weighted by Gasteiger charge is -2.14. The fourth-order valence-electron chi connectivity index (χ4n) is 2.37. The Hall–Kier alpha value is -2.10. The van der Waals surface area contributed by atoms with Crippen molar-refractivity contribution in [3.8, 4) is 0 Å². The molecule has 4 heteroatoms. The van der Waals surface area contributed by atoms with Crippen LogP contribution in [-0.2, 0) is 0 Å². The van der Waals surface area contributed by atoms with Crippen molar-refractivity contribution >= 4 is 11.6 Å². The summed E-state index contributed by atoms with van der Waals surface area (Å²) in [6.07, 6.45) is 2.43. The second-order valence-electron chi connectivity index (χ2n) is 5.71. The molecule has 1 heterocycles. The lowest BCUT2D eigenvalue weighted by molar-refractivity contribution is 0.797. The highest BCUT2D eigenvalue weighted by atomic mass is 15.1. The van der Waals surface area contributed by atoms with Crippen molar-refractivity contribution in [2.24, 2.45) is 0 Å². The minimum absolute atomic E-state index is 0.448. The molecular weight excluding hydrogens is 260 g/mol. The zero-order valence-electron chi connectivity index (χ0n) is 12.6. The summed E-state index contributed by atoms with van der Waals surface area (Å²) < 4.78 is 0. The quantitative estimate of drug-likeness (QED) is 0.849. The Morgan fingerprint density at radius 3 is 2.52 bits per heavy atom. The number of rotatable bonds is 6. The monoisotopic (exact) mass is 282 g/mol. The summed E-state index contributed by atoms with van der Waals surface area (Å²) in [5, 5.41) is 6.57. The van der Waals surface area contributed by atoms with Gasteiger partial charge in [-0.25, -0.2) is 9.97 Å². The van der Waals surface area contributed by atoms with Gasteiger partial charge in [-0.15, -0.1) is 0 Å². The van der Waals surface area contributed by atoms with Crippen molar-refractivity contribution < 1.29 is 0 Å². The van der Waals surface area contributed by atoms with E-state index in [1.165, 1.54) is 18.4 Å². The van der Waals surface area contributed by atoms with Crippen molar-refractivity contribution in [2.45, 2.75) is 31.6 Å². The lowest BCUT2D eigenvalue weighted by atomic mass is 10.0. The summed E-state index contributed by atoms with van der Waals surface area (Å²) >= 11 is 0. The Labute approximate surface area is 126 Å². The number of nitrogens with one attached hydrogen (secondary N) is 2. The number of hydrogen-bond donors (Lipinski definition) is 2. The van der Waals surface area contributed by atoms with Crippen molar-refractivity contribution in [3.63, 3.8) is 0 Å². The fraction of sp³-hybridized carbons (Fsp3) is 0.412. The number of hydrogen-bond acceptors (Lipinski definition) is 4. The van der Waals surface area contributed by atoms with Crippen molar-refractivity contribution in [3.05, 3.63) is 47.8 Å². The van der Waals surface area contributed by atoms with Crippen molar-refractivity contribution in [2.75, 3.05) is 24.2 Å². The molecule has 1 aliphatic rings. The van der Waals surface area contributed by atoms with E-state index in [0.29, 0.717) is 11.8 Å². The van der Waals surface area contributed by atoms with Crippen LogP contribution in [0.3, 0.4) is 0 Å². The highest BCUT2D eigenvalue weighted by molar-refractivity contribution is 5.48. The molecule has 2 aromatic rings. The standard InChI is InChI=1S/C17H22N4/c1-12(13-6-4-3-5-7-13)11-19-16-10-15(18-2)20-17(21-16)14-8-9-14/h3-7,10,12,14H,8-9,11H2,1-2H3,(H2,18,19,20,21). The molecule has 4 nitrogen and oxygen atoms in total. The smallest absolute Gasteiger partial charge is 0.136 e. The third-order valence-electron chi connectivity index (χ3n) is 3.90. The van der Waals surface area contributed by atoms with Crippen LogP contribution >= 0.6 is 0 Å². The summed E-state index contributed by atoms with van der Waals surface area (Å²) in [4.78, 5) is 9.18. The number of benzene rings is 1. The molecule has 0 aliphatic heterocycles. The molecule has 1 aliphatic carbocycles. The molecule has 0 radical (unpaired) electrons. The van der Waals surface area contributed by atoms with E-state index in [1.54, 1.807) is 0 Å². The maximum atomic E-state index is 4.65. The zero-order valence-corrected chi connectivity index (χ0v) is 12.6. The molecule has 3 rings (SSSR count). The molecule has 1 fully saturated rings. The molecule has 1 aromatic carbocycles. The second-order valence-corrected chi connectivity index (χ2v) is 5.71. The highest BCUT2D eigenvalue weighted by Crippen LogP contribution is 2.38. The Kier molecular flexibility index (Phi) is 4.04. The molecule has 1 atom stereocenters. The van der Waals surface area contributed by atoms with Gasteiger partial charge in [0, 0.05) is 25.6 Å². The minimum Gasteiger partial charge on any atom is -0.373 e. The summed E-state index contributed by atoms with van der Waals surface area (Å²) in [7, 11) is 1.90. The van der Waals surface area contributed by atoms with Gasteiger partial charge >= 0.3 is 0 Å². The van der Waals surface area contributed by atoms with E-state index in [-0.39, 0.29) is 0 Å². The van der Waals surface area contributed by atoms with Crippen LogP contribution < -0.4 is 10.6 Å². The van der Waals surface area contributed by atoms with Crippen molar-refractivity contribution in [1.29, 1.82) is 0 Å². The predicted octanol–water partition coefficient (Wildman–Crippen LogP) is 3.61. The molecule has 1 saturated carbocycles. The summed E-state index contributed by atoms with van der Waals surface area (Å²) in [6, 6.07) is 12.5. The van der Waals surface area contributed by atoms with E-state index in [9.17, 15) is 0 Å². The maximum Gasteiger partial charge on any atom is 0.136 e. The van der Waals surface area contributed by atoms with E-state index in [1.807, 2.05) is 13.1 Å². The largest absolute Gasteiger partial charge is 0.373 e. The van der Waals surface area contributed by atoms with Crippen LogP contribution in [0.1, 0.15) is 43.0 Å². The van der Waals surface area contributed by atoms with Gasteiger partial charge in [-0.3, -0.25) is 0 Å². The lowest BCUT2D eigenvalue weighted by Crippen LogP contribution is -2.12. The molecule has 0 amide bonds. The van der Waals surface area contributed by atoms with Crippen LogP contribution in [0, 0.1) is 0 Å². The Balaban J connectivity index is 1.68. The van der Waals surface area contributed by atoms with Crippen LogP contribution in [0.4, 0.5) is 11.6 Å². The number of anilines is 2. The normalized spacial score (nSPS) is 15.5. The van der Waals surface area contributed by atoms with Gasteiger partial charge < -0.3 is 10.6 Å². The SMILES string of the molecule is CNc1cc(NCC(C)c2ccccc2)nc(C2CC2)n1. The second kappa shape index (κ2) is 6.12. The predicted molar refractivity (Wildman–Crippen MR) is 86.9 cm³/mol. The van der Waals surface area contributed by atoms with Crippen molar-refractivity contribution in [1.82, 2.24) is 9.97 Å². The van der Waals surface area contributed by atoms with E-state index in [2.05, 4.69) is 57.9 Å². The number of nitrogens with zero attached hydrogens (tertiary/aromatic N) is 2. The molecule has 110 valence electrons. The van der Waals surface area contributed by atoms with Gasteiger partial charge in [-0.2, -0.15) is 0 Å². The molecular formula is C17H22N4. The van der Waals surface area contributed by atoms with Gasteiger partial charge in [0.05, 0.1) is 0 Å². The van der Waals surface area contributed by atoms with Gasteiger partial charge in [-0.1, -0.05) is 37.3 Å². The Morgan fingerprint density at radius 2 is 1.86 bits per heavy atom. The van der Waals surface area contributed by atoms with Crippen LogP contribution in [0.2, 0.25) is 0 Å². The summed E-state index contributed by atoms with van der Waals surface area (Å²) in [6.45, 7) is 3.10. The average Bonchev–Trinajstić information content (AvgIpc) is 3.38. The third-order valence-corrected chi connectivity index (χ3v) is 3.90. The average molecular weight is 282 g/mol. The van der Waals surface area contributed by atoms with Gasteiger partial charge in [0.25, 0.3) is 0 Å². The first-order chi connectivity index (χ1) is 10.3. The fourth-order valence-corrected chi connectivity index (χ4v) is 2.37. The molecule has 2 N–H and O–H groups in total. The first kappa shape index (κ1) is 13.9. The topological polar surface area (TPSA) is 49.8 Å². The van der Waals surface area contributed by atoms with E-state index < -0.39 is 0 Å². The Bertz CT molecular complexity index is 593. The van der Waals surface area contributed by atoms with Gasteiger partial charge in [0.1, 0.15) is 17.5 Å². The highest BCUT2D eigenvalue weighted by Gasteiger charge is 2.27.